The highest BCUT2D eigenvalue weighted by molar-refractivity contribution is 7.17. The summed E-state index contributed by atoms with van der Waals surface area (Å²) >= 11 is 12.8. The van der Waals surface area contributed by atoms with E-state index in [0.29, 0.717) is 22.7 Å². The molecule has 0 spiro atoms. The molecule has 0 unspecified atom stereocenters. The molecule has 0 radical (unpaired) electrons. The summed E-state index contributed by atoms with van der Waals surface area (Å²) < 4.78 is -1.65. The van der Waals surface area contributed by atoms with Gasteiger partial charge in [0.1, 0.15) is 22.6 Å². The van der Waals surface area contributed by atoms with Gasteiger partial charge in [-0.3, -0.25) is 24.0 Å². The number of fused-ring (bicyclic) bond motifs is 2. The molecule has 16 heteroatoms. The first-order chi connectivity index (χ1) is 18.7. The van der Waals surface area contributed by atoms with Crippen molar-refractivity contribution in [1.82, 2.24) is 10.6 Å². The molecule has 2 amide bonds. The van der Waals surface area contributed by atoms with Gasteiger partial charge in [0.15, 0.2) is 0 Å². The molecule has 0 fully saturated rings. The van der Waals surface area contributed by atoms with Crippen LogP contribution in [0.15, 0.2) is 46.0 Å². The molecule has 2 aromatic carbocycles. The van der Waals surface area contributed by atoms with E-state index >= 15 is 0 Å². The minimum absolute atomic E-state index is 0.0148. The van der Waals surface area contributed by atoms with Gasteiger partial charge in [-0.2, -0.15) is 0 Å². The Morgan fingerprint density at radius 3 is 1.50 bits per heavy atom. The maximum atomic E-state index is 13.1. The molecular weight excluding hydrogens is 611 g/mol. The number of aromatic hydroxyl groups is 2. The van der Waals surface area contributed by atoms with Crippen molar-refractivity contribution in [1.29, 1.82) is 0 Å². The molecule has 12 nitrogen and oxygen atoms in total. The number of halogens is 2. The molecule has 0 aliphatic carbocycles. The number of rotatable bonds is 7. The van der Waals surface area contributed by atoms with Crippen molar-refractivity contribution < 1.29 is 39.6 Å². The van der Waals surface area contributed by atoms with Crippen LogP contribution in [0, 0.1) is 0 Å². The molecule has 2 heterocycles. The molecular formula is C24H14Cl2N2O10S2. The fourth-order valence-corrected chi connectivity index (χ4v) is 6.14. The van der Waals surface area contributed by atoms with Crippen LogP contribution in [0.3, 0.4) is 0 Å². The van der Waals surface area contributed by atoms with Crippen molar-refractivity contribution in [2.24, 2.45) is 0 Å². The van der Waals surface area contributed by atoms with Gasteiger partial charge in [-0.1, -0.05) is 45.9 Å². The van der Waals surface area contributed by atoms with Gasteiger partial charge in [0.25, 0.3) is 11.8 Å². The highest BCUT2D eigenvalue weighted by Crippen LogP contribution is 2.32. The summed E-state index contributed by atoms with van der Waals surface area (Å²) in [5, 5.41) is 44.7. The van der Waals surface area contributed by atoms with Gasteiger partial charge in [-0.25, -0.2) is 4.79 Å². The molecule has 206 valence electrons. The SMILES string of the molecule is O=C(O)CC(NC(=O)c1c(O)c2ccc(Cl)cc2sc1=O)(NC(=O)c1c(O)c2ccc(Cl)cc2sc1=O)C(=O)O. The zero-order valence-electron chi connectivity index (χ0n) is 19.5. The molecule has 6 N–H and O–H groups in total. The number of benzene rings is 2. The minimum atomic E-state index is -3.14. The van der Waals surface area contributed by atoms with Gasteiger partial charge in [0, 0.05) is 30.2 Å². The predicted octanol–water partition coefficient (Wildman–Crippen LogP) is 2.97. The van der Waals surface area contributed by atoms with E-state index in [1.165, 1.54) is 36.4 Å². The fraction of sp³-hybridized carbons (Fsp3) is 0.0833. The van der Waals surface area contributed by atoms with Crippen molar-refractivity contribution in [3.05, 3.63) is 76.6 Å². The van der Waals surface area contributed by atoms with Crippen molar-refractivity contribution in [2.75, 3.05) is 0 Å². The van der Waals surface area contributed by atoms with Crippen LogP contribution >= 0.6 is 45.9 Å². The maximum Gasteiger partial charge on any atom is 0.351 e. The van der Waals surface area contributed by atoms with Gasteiger partial charge in [0.2, 0.25) is 15.1 Å². The lowest BCUT2D eigenvalue weighted by Crippen LogP contribution is -2.67. The zero-order valence-corrected chi connectivity index (χ0v) is 22.6. The Morgan fingerprint density at radius 1 is 0.750 bits per heavy atom. The third-order valence-corrected chi connectivity index (χ3v) is 7.94. The summed E-state index contributed by atoms with van der Waals surface area (Å²) in [4.78, 5) is 75.6. The summed E-state index contributed by atoms with van der Waals surface area (Å²) in [6.45, 7) is 0. The molecule has 2 aromatic heterocycles. The smallest absolute Gasteiger partial charge is 0.351 e. The summed E-state index contributed by atoms with van der Waals surface area (Å²) in [5.41, 5.74) is -5.00. The molecule has 4 rings (SSSR count). The van der Waals surface area contributed by atoms with Crippen LogP contribution in [0.2, 0.25) is 10.0 Å². The summed E-state index contributed by atoms with van der Waals surface area (Å²) in [6, 6.07) is 8.02. The Morgan fingerprint density at radius 2 is 1.15 bits per heavy atom. The van der Waals surface area contributed by atoms with Crippen LogP contribution in [0.25, 0.3) is 20.2 Å². The highest BCUT2D eigenvalue weighted by atomic mass is 35.5. The van der Waals surface area contributed by atoms with Crippen LogP contribution in [0.5, 0.6) is 11.5 Å². The average molecular weight is 625 g/mol. The normalized spacial score (nSPS) is 11.3. The average Bonchev–Trinajstić information content (AvgIpc) is 2.82. The van der Waals surface area contributed by atoms with Crippen LogP contribution in [-0.2, 0) is 9.59 Å². The van der Waals surface area contributed by atoms with Crippen molar-refractivity contribution >= 4 is 89.8 Å². The predicted molar refractivity (Wildman–Crippen MR) is 147 cm³/mol. The van der Waals surface area contributed by atoms with Crippen molar-refractivity contribution in [3.8, 4) is 11.5 Å². The van der Waals surface area contributed by atoms with Gasteiger partial charge in [-0.15, -0.1) is 0 Å². The fourth-order valence-electron chi connectivity index (χ4n) is 3.76. The first kappa shape index (κ1) is 28.8. The van der Waals surface area contributed by atoms with E-state index in [0.717, 1.165) is 0 Å². The van der Waals surface area contributed by atoms with E-state index in [1.807, 2.05) is 0 Å². The molecule has 40 heavy (non-hydrogen) atoms. The summed E-state index contributed by atoms with van der Waals surface area (Å²) in [7, 11) is 0. The Bertz CT molecular complexity index is 1770. The van der Waals surface area contributed by atoms with E-state index < -0.39 is 67.9 Å². The number of hydrogen-bond acceptors (Lipinski definition) is 10. The lowest BCUT2D eigenvalue weighted by molar-refractivity contribution is -0.152. The Labute approximate surface area is 239 Å². The highest BCUT2D eigenvalue weighted by Gasteiger charge is 2.46. The topological polar surface area (TPSA) is 207 Å². The summed E-state index contributed by atoms with van der Waals surface area (Å²) in [5.74, 6) is -8.67. The monoisotopic (exact) mass is 624 g/mol. The Kier molecular flexibility index (Phi) is 7.72. The third-order valence-electron chi connectivity index (χ3n) is 5.57. The van der Waals surface area contributed by atoms with Gasteiger partial charge >= 0.3 is 11.9 Å². The first-order valence-corrected chi connectivity index (χ1v) is 13.1. The number of carboxylic acids is 2. The quantitative estimate of drug-likeness (QED) is 0.166. The Balaban J connectivity index is 1.80. The first-order valence-electron chi connectivity index (χ1n) is 10.7. The van der Waals surface area contributed by atoms with E-state index in [4.69, 9.17) is 23.2 Å². The molecule has 0 atom stereocenters. The number of aliphatic carboxylic acids is 2. The van der Waals surface area contributed by atoms with Crippen molar-refractivity contribution in [2.45, 2.75) is 12.1 Å². The standard InChI is InChI=1S/C24H14Cl2N2O10S2/c25-8-1-3-10-12(5-8)39-21(35)15(17(10)31)19(33)27-24(23(37)38,7-14(29)30)28-20(34)16-18(32)11-4-2-9(26)6-13(11)40-22(16)36/h1-6,31-32H,7H2,(H,27,33)(H,28,34)(H,29,30)(H,37,38). The van der Waals surface area contributed by atoms with Crippen LogP contribution in [0.1, 0.15) is 27.1 Å². The lowest BCUT2D eigenvalue weighted by atomic mass is 10.0. The second-order valence-corrected chi connectivity index (χ2v) is 11.1. The largest absolute Gasteiger partial charge is 0.506 e. The minimum Gasteiger partial charge on any atom is -0.506 e. The molecule has 0 saturated heterocycles. The second kappa shape index (κ2) is 10.7. The second-order valence-electron chi connectivity index (χ2n) is 8.20. The van der Waals surface area contributed by atoms with Crippen LogP contribution in [-0.4, -0.2) is 49.8 Å². The molecule has 0 saturated carbocycles. The zero-order chi connectivity index (χ0) is 29.5. The van der Waals surface area contributed by atoms with E-state index in [2.05, 4.69) is 0 Å². The number of amides is 2. The molecule has 0 bridgehead atoms. The van der Waals surface area contributed by atoms with E-state index in [9.17, 15) is 49.2 Å². The lowest BCUT2D eigenvalue weighted by Gasteiger charge is -2.30. The third kappa shape index (κ3) is 5.29. The summed E-state index contributed by atoms with van der Waals surface area (Å²) in [6.07, 6.45) is -1.47. The van der Waals surface area contributed by atoms with E-state index in [1.54, 1.807) is 10.6 Å². The Hall–Kier alpha value is -4.24. The van der Waals surface area contributed by atoms with Crippen molar-refractivity contribution in [3.63, 3.8) is 0 Å². The van der Waals surface area contributed by atoms with Gasteiger partial charge in [0.05, 0.1) is 6.42 Å². The number of nitrogens with one attached hydrogen (secondary N) is 2. The van der Waals surface area contributed by atoms with E-state index in [-0.39, 0.29) is 30.2 Å². The number of carbonyl (C=O) groups excluding carboxylic acids is 2. The number of hydrogen-bond donors (Lipinski definition) is 6. The van der Waals surface area contributed by atoms with Crippen LogP contribution in [0.4, 0.5) is 0 Å². The molecule has 0 aliphatic rings. The molecule has 0 aliphatic heterocycles. The van der Waals surface area contributed by atoms with Gasteiger partial charge in [-0.05, 0) is 36.4 Å². The maximum absolute atomic E-state index is 13.1. The van der Waals surface area contributed by atoms with Gasteiger partial charge < -0.3 is 31.1 Å². The number of carboxylic acid groups (broad SMARTS) is 2. The van der Waals surface area contributed by atoms with Crippen LogP contribution < -0.4 is 20.1 Å². The number of carbonyl (C=O) groups is 4. The molecule has 4 aromatic rings.